The van der Waals surface area contributed by atoms with Crippen LogP contribution in [0.15, 0.2) is 42.5 Å². The summed E-state index contributed by atoms with van der Waals surface area (Å²) < 4.78 is 0. The third kappa shape index (κ3) is 2.90. The van der Waals surface area contributed by atoms with Crippen LogP contribution in [0.5, 0.6) is 0 Å². The molecule has 0 radical (unpaired) electrons. The molecular weight excluding hydrogens is 420 g/mol. The molecule has 0 unspecified atom stereocenters. The van der Waals surface area contributed by atoms with Crippen LogP contribution in [0, 0.1) is 37.0 Å². The first-order valence-electron chi connectivity index (χ1n) is 12.7. The summed E-state index contributed by atoms with van der Waals surface area (Å²) >= 11 is 0. The number of carbonyl (C=O) groups excluding carboxylic acids is 2. The average molecular weight is 455 g/mol. The van der Waals surface area contributed by atoms with Crippen molar-refractivity contribution in [1.29, 1.82) is 0 Å². The molecule has 4 heteroatoms. The van der Waals surface area contributed by atoms with Gasteiger partial charge < -0.3 is 4.98 Å². The largest absolute Gasteiger partial charge is 0.357 e. The van der Waals surface area contributed by atoms with E-state index in [0.29, 0.717) is 11.8 Å². The normalized spacial score (nSPS) is 28.7. The van der Waals surface area contributed by atoms with Gasteiger partial charge in [-0.2, -0.15) is 0 Å². The minimum absolute atomic E-state index is 0.00225. The molecule has 1 aliphatic heterocycles. The topological polar surface area (TPSA) is 53.2 Å². The summed E-state index contributed by atoms with van der Waals surface area (Å²) in [6.45, 7) is 11.0. The van der Waals surface area contributed by atoms with Crippen LogP contribution in [0.4, 0.5) is 5.69 Å². The van der Waals surface area contributed by atoms with Crippen LogP contribution in [-0.4, -0.2) is 16.8 Å². The Morgan fingerprint density at radius 3 is 2.47 bits per heavy atom. The molecule has 176 valence electrons. The van der Waals surface area contributed by atoms with Crippen molar-refractivity contribution in [3.05, 3.63) is 64.8 Å². The monoisotopic (exact) mass is 454 g/mol. The lowest BCUT2D eigenvalue weighted by atomic mass is 9.56. The number of aromatic amines is 1. The number of benzene rings is 2. The Balaban J connectivity index is 1.54. The van der Waals surface area contributed by atoms with E-state index in [-0.39, 0.29) is 29.1 Å². The Labute approximate surface area is 201 Å². The fourth-order valence-corrected chi connectivity index (χ4v) is 7.22. The van der Waals surface area contributed by atoms with Crippen LogP contribution in [-0.2, 0) is 9.59 Å². The summed E-state index contributed by atoms with van der Waals surface area (Å²) in [6.07, 6.45) is 3.26. The Morgan fingerprint density at radius 1 is 0.941 bits per heavy atom. The third-order valence-corrected chi connectivity index (χ3v) is 9.21. The fourth-order valence-electron chi connectivity index (χ4n) is 7.22. The van der Waals surface area contributed by atoms with Crippen LogP contribution in [0.2, 0.25) is 0 Å². The number of hydrogen-bond donors (Lipinski definition) is 1. The van der Waals surface area contributed by atoms with Crippen molar-refractivity contribution in [1.82, 2.24) is 4.98 Å². The molecule has 1 saturated carbocycles. The number of carbonyl (C=O) groups is 2. The summed E-state index contributed by atoms with van der Waals surface area (Å²) in [5.74, 6) is 0.296. The second kappa shape index (κ2) is 7.31. The van der Waals surface area contributed by atoms with E-state index in [4.69, 9.17) is 0 Å². The van der Waals surface area contributed by atoms with Gasteiger partial charge in [0.25, 0.3) is 0 Å². The molecule has 34 heavy (non-hydrogen) atoms. The third-order valence-electron chi connectivity index (χ3n) is 9.21. The summed E-state index contributed by atoms with van der Waals surface area (Å²) in [4.78, 5) is 33.4. The van der Waals surface area contributed by atoms with Gasteiger partial charge in [0, 0.05) is 16.6 Å². The lowest BCUT2D eigenvalue weighted by Gasteiger charge is -2.47. The lowest BCUT2D eigenvalue weighted by Crippen LogP contribution is -2.41. The molecule has 0 bridgehead atoms. The first-order chi connectivity index (χ1) is 16.2. The van der Waals surface area contributed by atoms with Crippen LogP contribution in [0.3, 0.4) is 0 Å². The van der Waals surface area contributed by atoms with Gasteiger partial charge in [0.05, 0.1) is 17.5 Å². The highest BCUT2D eigenvalue weighted by Crippen LogP contribution is 2.60. The fraction of sp³-hybridized carbons (Fsp3) is 0.467. The minimum atomic E-state index is -0.421. The highest BCUT2D eigenvalue weighted by atomic mass is 16.2. The van der Waals surface area contributed by atoms with E-state index < -0.39 is 5.92 Å². The van der Waals surface area contributed by atoms with E-state index in [1.54, 1.807) is 0 Å². The second-order valence-corrected chi connectivity index (χ2v) is 11.9. The quantitative estimate of drug-likeness (QED) is 0.420. The Hall–Kier alpha value is -2.88. The SMILES string of the molecule is Cc1cccc(N2C(=O)[C@H]3[C@H]4C[C@@H](C(C)(C)C)CC[C@H]4c4c([nH]c5ccccc45)[C@@H]3C2=O)c1C. The second-order valence-electron chi connectivity index (χ2n) is 11.9. The molecule has 2 amide bonds. The van der Waals surface area contributed by atoms with Crippen molar-refractivity contribution in [2.24, 2.45) is 23.2 Å². The number of fused-ring (bicyclic) bond motifs is 8. The average Bonchev–Trinajstić information content (AvgIpc) is 3.30. The smallest absolute Gasteiger partial charge is 0.243 e. The van der Waals surface area contributed by atoms with Crippen molar-refractivity contribution >= 4 is 28.4 Å². The van der Waals surface area contributed by atoms with E-state index in [1.807, 2.05) is 38.1 Å². The molecule has 1 saturated heterocycles. The van der Waals surface area contributed by atoms with E-state index in [9.17, 15) is 9.59 Å². The highest BCUT2D eigenvalue weighted by Gasteiger charge is 2.59. The van der Waals surface area contributed by atoms with Gasteiger partial charge in [-0.3, -0.25) is 9.59 Å². The van der Waals surface area contributed by atoms with Gasteiger partial charge >= 0.3 is 0 Å². The zero-order chi connectivity index (χ0) is 23.9. The van der Waals surface area contributed by atoms with Gasteiger partial charge in [-0.05, 0) is 85.1 Å². The van der Waals surface area contributed by atoms with Gasteiger partial charge in [-0.25, -0.2) is 4.90 Å². The molecule has 4 nitrogen and oxygen atoms in total. The van der Waals surface area contributed by atoms with Gasteiger partial charge in [0.2, 0.25) is 11.8 Å². The van der Waals surface area contributed by atoms with Crippen LogP contribution in [0.25, 0.3) is 10.9 Å². The number of amides is 2. The maximum absolute atomic E-state index is 14.1. The number of aromatic nitrogens is 1. The number of H-pyrrole nitrogens is 1. The number of anilines is 1. The van der Waals surface area contributed by atoms with Gasteiger partial charge in [0.15, 0.2) is 0 Å². The highest BCUT2D eigenvalue weighted by molar-refractivity contribution is 6.24. The Kier molecular flexibility index (Phi) is 4.65. The zero-order valence-electron chi connectivity index (χ0n) is 20.8. The molecule has 6 rings (SSSR count). The zero-order valence-corrected chi connectivity index (χ0v) is 20.8. The minimum Gasteiger partial charge on any atom is -0.357 e. The summed E-state index contributed by atoms with van der Waals surface area (Å²) in [7, 11) is 0. The van der Waals surface area contributed by atoms with E-state index >= 15 is 0 Å². The van der Waals surface area contributed by atoms with E-state index in [1.165, 1.54) is 22.3 Å². The van der Waals surface area contributed by atoms with E-state index in [0.717, 1.165) is 40.9 Å². The molecule has 0 spiro atoms. The predicted molar refractivity (Wildman–Crippen MR) is 136 cm³/mol. The van der Waals surface area contributed by atoms with Crippen molar-refractivity contribution < 1.29 is 9.59 Å². The van der Waals surface area contributed by atoms with Crippen molar-refractivity contribution in [2.45, 2.75) is 65.7 Å². The molecule has 2 heterocycles. The van der Waals surface area contributed by atoms with Crippen molar-refractivity contribution in [2.75, 3.05) is 4.90 Å². The number of imide groups is 1. The van der Waals surface area contributed by atoms with E-state index in [2.05, 4.69) is 44.0 Å². The van der Waals surface area contributed by atoms with Crippen LogP contribution >= 0.6 is 0 Å². The van der Waals surface area contributed by atoms with Crippen LogP contribution < -0.4 is 4.90 Å². The predicted octanol–water partition coefficient (Wildman–Crippen LogP) is 6.62. The maximum atomic E-state index is 14.1. The van der Waals surface area contributed by atoms with Crippen LogP contribution in [0.1, 0.15) is 74.3 Å². The van der Waals surface area contributed by atoms with Gasteiger partial charge in [-0.1, -0.05) is 51.1 Å². The summed E-state index contributed by atoms with van der Waals surface area (Å²) in [5.41, 5.74) is 6.43. The lowest BCUT2D eigenvalue weighted by molar-refractivity contribution is -0.123. The number of hydrogen-bond acceptors (Lipinski definition) is 2. The van der Waals surface area contributed by atoms with Crippen molar-refractivity contribution in [3.8, 4) is 0 Å². The molecule has 5 atom stereocenters. The standard InChI is InChI=1S/C30H34N2O2/c1-16-9-8-12-23(17(16)2)32-28(33)25-21-15-18(30(3,4)5)13-14-19(21)24-20-10-6-7-11-22(20)31-27(24)26(25)29(32)34/h6-12,18-19,21,25-26,31H,13-15H2,1-5H3/t18-,19+,21-,25-,26+/m0/s1. The van der Waals surface area contributed by atoms with Crippen molar-refractivity contribution in [3.63, 3.8) is 0 Å². The first-order valence-corrected chi connectivity index (χ1v) is 12.7. The van der Waals surface area contributed by atoms with Gasteiger partial charge in [0.1, 0.15) is 0 Å². The summed E-state index contributed by atoms with van der Waals surface area (Å²) in [5, 5.41) is 1.23. The Morgan fingerprint density at radius 2 is 1.71 bits per heavy atom. The molecular formula is C30H34N2O2. The molecule has 2 aliphatic carbocycles. The number of nitrogens with zero attached hydrogens (tertiary/aromatic N) is 1. The maximum Gasteiger partial charge on any atom is 0.243 e. The first kappa shape index (κ1) is 21.6. The number of nitrogens with one attached hydrogen (secondary N) is 1. The molecule has 3 aromatic rings. The molecule has 3 aliphatic rings. The molecule has 1 N–H and O–H groups in total. The molecule has 1 aromatic heterocycles. The summed E-state index contributed by atoms with van der Waals surface area (Å²) in [6, 6.07) is 14.3. The Bertz CT molecular complexity index is 1330. The van der Waals surface area contributed by atoms with Gasteiger partial charge in [-0.15, -0.1) is 0 Å². The number of rotatable bonds is 1. The molecule has 2 fully saturated rings. The number of aryl methyl sites for hydroxylation is 1. The number of para-hydroxylation sites is 1. The molecule has 2 aromatic carbocycles.